The van der Waals surface area contributed by atoms with Crippen molar-refractivity contribution in [2.75, 3.05) is 18.9 Å². The third-order valence-corrected chi connectivity index (χ3v) is 2.62. The zero-order valence-corrected chi connectivity index (χ0v) is 11.2. The number of nitrogens with two attached hydrogens (primary N) is 2. The molecule has 0 spiro atoms. The van der Waals surface area contributed by atoms with Crippen LogP contribution in [0.3, 0.4) is 0 Å². The molecule has 1 rings (SSSR count). The molecular formula is C13H18N4O3. The van der Waals surface area contributed by atoms with Gasteiger partial charge in [-0.3, -0.25) is 14.4 Å². The monoisotopic (exact) mass is 278 g/mol. The summed E-state index contributed by atoms with van der Waals surface area (Å²) < 4.78 is 0. The summed E-state index contributed by atoms with van der Waals surface area (Å²) in [6, 6.07) is 4.11. The molecule has 6 N–H and O–H groups in total. The molecule has 0 radical (unpaired) electrons. The minimum absolute atomic E-state index is 0.117. The van der Waals surface area contributed by atoms with Crippen molar-refractivity contribution in [2.24, 2.45) is 11.5 Å². The van der Waals surface area contributed by atoms with E-state index in [0.29, 0.717) is 18.5 Å². The van der Waals surface area contributed by atoms with Crippen molar-refractivity contribution in [3.8, 4) is 0 Å². The Morgan fingerprint density at radius 1 is 1.05 bits per heavy atom. The molecule has 0 atom stereocenters. The zero-order valence-electron chi connectivity index (χ0n) is 11.2. The van der Waals surface area contributed by atoms with Crippen LogP contribution >= 0.6 is 0 Å². The molecule has 0 aliphatic heterocycles. The number of benzene rings is 1. The molecule has 1 aromatic carbocycles. The maximum absolute atomic E-state index is 11.7. The van der Waals surface area contributed by atoms with E-state index in [4.69, 9.17) is 11.5 Å². The predicted octanol–water partition coefficient (Wildman–Crippen LogP) is -0.177. The van der Waals surface area contributed by atoms with Crippen LogP contribution in [0.1, 0.15) is 33.6 Å². The fourth-order valence-corrected chi connectivity index (χ4v) is 1.63. The number of carbonyl (C=O) groups is 3. The smallest absolute Gasteiger partial charge is 0.248 e. The number of primary amides is 2. The van der Waals surface area contributed by atoms with Crippen LogP contribution in [-0.2, 0) is 4.79 Å². The number of carbonyl (C=O) groups excluding carboxylic acids is 3. The van der Waals surface area contributed by atoms with Crippen molar-refractivity contribution in [1.29, 1.82) is 0 Å². The zero-order chi connectivity index (χ0) is 15.1. The summed E-state index contributed by atoms with van der Waals surface area (Å²) in [4.78, 5) is 34.0. The molecule has 0 saturated heterocycles. The van der Waals surface area contributed by atoms with Crippen molar-refractivity contribution in [3.63, 3.8) is 0 Å². The highest BCUT2D eigenvalue weighted by Crippen LogP contribution is 2.15. The molecule has 0 fully saturated rings. The summed E-state index contributed by atoms with van der Waals surface area (Å²) in [7, 11) is 1.80. The predicted molar refractivity (Wildman–Crippen MR) is 75.3 cm³/mol. The number of hydrogen-bond donors (Lipinski definition) is 4. The molecule has 108 valence electrons. The summed E-state index contributed by atoms with van der Waals surface area (Å²) in [6.07, 6.45) is 1.01. The van der Waals surface area contributed by atoms with Crippen molar-refractivity contribution in [1.82, 2.24) is 5.32 Å². The van der Waals surface area contributed by atoms with Crippen LogP contribution in [0, 0.1) is 0 Å². The van der Waals surface area contributed by atoms with E-state index in [1.807, 2.05) is 0 Å². The molecule has 1 aromatic rings. The molecule has 0 aliphatic carbocycles. The Bertz CT molecular complexity index is 496. The van der Waals surface area contributed by atoms with Gasteiger partial charge in [-0.1, -0.05) is 0 Å². The molecule has 0 bridgehead atoms. The molecule has 0 aliphatic rings. The molecule has 0 aromatic heterocycles. The highest BCUT2D eigenvalue weighted by atomic mass is 16.2. The standard InChI is InChI=1S/C13H18N4O3/c1-16-4-2-3-11(18)17-10-6-8(12(14)19)5-9(7-10)13(15)20/h5-7,16H,2-4H2,1H3,(H2,14,19)(H2,15,20)(H,17,18). The van der Waals surface area contributed by atoms with Crippen molar-refractivity contribution >= 4 is 23.4 Å². The SMILES string of the molecule is CNCCCC(=O)Nc1cc(C(N)=O)cc(C(N)=O)c1. The van der Waals surface area contributed by atoms with E-state index < -0.39 is 11.8 Å². The lowest BCUT2D eigenvalue weighted by Gasteiger charge is -2.08. The Hall–Kier alpha value is -2.41. The molecular weight excluding hydrogens is 260 g/mol. The van der Waals surface area contributed by atoms with E-state index in [9.17, 15) is 14.4 Å². The molecule has 0 heterocycles. The van der Waals surface area contributed by atoms with Crippen molar-refractivity contribution < 1.29 is 14.4 Å². The van der Waals surface area contributed by atoms with Crippen molar-refractivity contribution in [2.45, 2.75) is 12.8 Å². The van der Waals surface area contributed by atoms with Gasteiger partial charge in [0.15, 0.2) is 0 Å². The van der Waals surface area contributed by atoms with Crippen LogP contribution in [0.5, 0.6) is 0 Å². The molecule has 0 unspecified atom stereocenters. The second kappa shape index (κ2) is 7.25. The summed E-state index contributed by atoms with van der Waals surface area (Å²) in [5.74, 6) is -1.60. The topological polar surface area (TPSA) is 127 Å². The largest absolute Gasteiger partial charge is 0.366 e. The minimum Gasteiger partial charge on any atom is -0.366 e. The average Bonchev–Trinajstić information content (AvgIpc) is 2.38. The van der Waals surface area contributed by atoms with Gasteiger partial charge < -0.3 is 22.1 Å². The maximum atomic E-state index is 11.7. The molecule has 20 heavy (non-hydrogen) atoms. The third kappa shape index (κ3) is 4.69. The van der Waals surface area contributed by atoms with Crippen LogP contribution < -0.4 is 22.1 Å². The fraction of sp³-hybridized carbons (Fsp3) is 0.308. The van der Waals surface area contributed by atoms with Gasteiger partial charge in [-0.05, 0) is 38.2 Å². The molecule has 3 amide bonds. The van der Waals surface area contributed by atoms with E-state index in [0.717, 1.165) is 6.54 Å². The lowest BCUT2D eigenvalue weighted by molar-refractivity contribution is -0.116. The minimum atomic E-state index is -0.696. The summed E-state index contributed by atoms with van der Waals surface area (Å²) in [5.41, 5.74) is 10.9. The van der Waals surface area contributed by atoms with Gasteiger partial charge in [0.1, 0.15) is 0 Å². The van der Waals surface area contributed by atoms with Crippen LogP contribution in [-0.4, -0.2) is 31.3 Å². The molecule has 0 saturated carbocycles. The van der Waals surface area contributed by atoms with Gasteiger partial charge in [-0.2, -0.15) is 0 Å². The first-order valence-corrected chi connectivity index (χ1v) is 6.13. The summed E-state index contributed by atoms with van der Waals surface area (Å²) >= 11 is 0. The molecule has 7 nitrogen and oxygen atoms in total. The quantitative estimate of drug-likeness (QED) is 0.516. The van der Waals surface area contributed by atoms with Gasteiger partial charge in [0, 0.05) is 23.2 Å². The first-order chi connectivity index (χ1) is 9.43. The van der Waals surface area contributed by atoms with Crippen LogP contribution in [0.15, 0.2) is 18.2 Å². The van der Waals surface area contributed by atoms with Gasteiger partial charge in [-0.15, -0.1) is 0 Å². The van der Waals surface area contributed by atoms with Gasteiger partial charge in [0.25, 0.3) is 0 Å². The van der Waals surface area contributed by atoms with E-state index in [2.05, 4.69) is 10.6 Å². The Kier molecular flexibility index (Phi) is 5.67. The van der Waals surface area contributed by atoms with Gasteiger partial charge in [0.2, 0.25) is 17.7 Å². The van der Waals surface area contributed by atoms with Crippen molar-refractivity contribution in [3.05, 3.63) is 29.3 Å². The van der Waals surface area contributed by atoms with Crippen LogP contribution in [0.4, 0.5) is 5.69 Å². The second-order valence-electron chi connectivity index (χ2n) is 4.28. The van der Waals surface area contributed by atoms with E-state index in [1.54, 1.807) is 7.05 Å². The first kappa shape index (κ1) is 15.6. The Balaban J connectivity index is 2.86. The number of anilines is 1. The van der Waals surface area contributed by atoms with E-state index in [1.165, 1.54) is 18.2 Å². The highest BCUT2D eigenvalue weighted by Gasteiger charge is 2.10. The maximum Gasteiger partial charge on any atom is 0.248 e. The number of rotatable bonds is 7. The lowest BCUT2D eigenvalue weighted by atomic mass is 10.1. The Morgan fingerprint density at radius 2 is 1.60 bits per heavy atom. The van der Waals surface area contributed by atoms with Crippen LogP contribution in [0.2, 0.25) is 0 Å². The van der Waals surface area contributed by atoms with E-state index in [-0.39, 0.29) is 17.0 Å². The average molecular weight is 278 g/mol. The second-order valence-corrected chi connectivity index (χ2v) is 4.28. The van der Waals surface area contributed by atoms with E-state index >= 15 is 0 Å². The third-order valence-electron chi connectivity index (χ3n) is 2.62. The number of nitrogens with one attached hydrogen (secondary N) is 2. The molecule has 7 heteroatoms. The lowest BCUT2D eigenvalue weighted by Crippen LogP contribution is -2.18. The fourth-order valence-electron chi connectivity index (χ4n) is 1.63. The number of amides is 3. The first-order valence-electron chi connectivity index (χ1n) is 6.13. The summed E-state index contributed by atoms with van der Waals surface area (Å²) in [6.45, 7) is 0.723. The summed E-state index contributed by atoms with van der Waals surface area (Å²) in [5, 5.41) is 5.54. The number of hydrogen-bond acceptors (Lipinski definition) is 4. The van der Waals surface area contributed by atoms with Gasteiger partial charge in [-0.25, -0.2) is 0 Å². The normalized spacial score (nSPS) is 10.1. The van der Waals surface area contributed by atoms with Gasteiger partial charge in [0.05, 0.1) is 0 Å². The van der Waals surface area contributed by atoms with Crippen LogP contribution in [0.25, 0.3) is 0 Å². The van der Waals surface area contributed by atoms with Gasteiger partial charge >= 0.3 is 0 Å². The Morgan fingerprint density at radius 3 is 2.05 bits per heavy atom. The highest BCUT2D eigenvalue weighted by molar-refractivity contribution is 6.01. The Labute approximate surface area is 116 Å².